The smallest absolute Gasteiger partial charge is 0.216 e. The predicted octanol–water partition coefficient (Wildman–Crippen LogP) is -0.497. The van der Waals surface area contributed by atoms with Crippen molar-refractivity contribution in [3.05, 3.63) is 0 Å². The minimum atomic E-state index is -0.0227. The summed E-state index contributed by atoms with van der Waals surface area (Å²) in [4.78, 5) is 10.0. The molecule has 0 aliphatic heterocycles. The quantitative estimate of drug-likeness (QED) is 0.541. The molecule has 3 nitrogen and oxygen atoms in total. The summed E-state index contributed by atoms with van der Waals surface area (Å²) in [5, 5.41) is 2.53. The molecule has 1 amide bonds. The van der Waals surface area contributed by atoms with E-state index in [4.69, 9.17) is 5.73 Å². The molecule has 0 heterocycles. The highest BCUT2D eigenvalue weighted by atomic mass is 35.5. The molecule has 0 aliphatic carbocycles. The molecular weight excluding hydrogens is 128 g/mol. The van der Waals surface area contributed by atoms with Crippen molar-refractivity contribution in [3.63, 3.8) is 0 Å². The van der Waals surface area contributed by atoms with Gasteiger partial charge in [0.15, 0.2) is 0 Å². The molecule has 0 rings (SSSR count). The molecule has 0 aromatic rings. The van der Waals surface area contributed by atoms with Crippen molar-refractivity contribution < 1.29 is 4.79 Å². The van der Waals surface area contributed by atoms with Gasteiger partial charge in [0.05, 0.1) is 0 Å². The SMILES string of the molecule is CC(=O)NCCN.Cl. The Morgan fingerprint density at radius 1 is 1.75 bits per heavy atom. The summed E-state index contributed by atoms with van der Waals surface area (Å²) in [6.07, 6.45) is 0. The van der Waals surface area contributed by atoms with Crippen LogP contribution in [0.25, 0.3) is 0 Å². The number of amides is 1. The van der Waals surface area contributed by atoms with Gasteiger partial charge in [0.25, 0.3) is 0 Å². The molecule has 0 saturated carbocycles. The Morgan fingerprint density at radius 2 is 2.25 bits per heavy atom. The summed E-state index contributed by atoms with van der Waals surface area (Å²) >= 11 is 0. The normalized spacial score (nSPS) is 7.25. The van der Waals surface area contributed by atoms with Crippen molar-refractivity contribution in [3.8, 4) is 0 Å². The van der Waals surface area contributed by atoms with Crippen molar-refractivity contribution >= 4 is 18.3 Å². The second kappa shape index (κ2) is 6.72. The fourth-order valence-electron chi connectivity index (χ4n) is 0.248. The third-order valence-corrected chi connectivity index (χ3v) is 0.518. The molecule has 0 aromatic carbocycles. The van der Waals surface area contributed by atoms with Crippen LogP contribution in [0.1, 0.15) is 6.92 Å². The fourth-order valence-corrected chi connectivity index (χ4v) is 0.248. The molecule has 0 radical (unpaired) electrons. The molecular formula is C4H11ClN2O. The molecule has 8 heavy (non-hydrogen) atoms. The van der Waals surface area contributed by atoms with Gasteiger partial charge in [-0.1, -0.05) is 0 Å². The summed E-state index contributed by atoms with van der Waals surface area (Å²) in [6, 6.07) is 0. The zero-order chi connectivity index (χ0) is 5.70. The van der Waals surface area contributed by atoms with Crippen LogP contribution in [0.3, 0.4) is 0 Å². The van der Waals surface area contributed by atoms with Crippen molar-refractivity contribution in [2.45, 2.75) is 6.92 Å². The molecule has 0 unspecified atom stereocenters. The Bertz CT molecular complexity index is 67.1. The molecule has 4 heteroatoms. The number of carbonyl (C=O) groups is 1. The van der Waals surface area contributed by atoms with E-state index in [1.54, 1.807) is 0 Å². The van der Waals surface area contributed by atoms with E-state index in [-0.39, 0.29) is 18.3 Å². The molecule has 50 valence electrons. The topological polar surface area (TPSA) is 55.1 Å². The van der Waals surface area contributed by atoms with E-state index in [1.807, 2.05) is 0 Å². The van der Waals surface area contributed by atoms with E-state index in [0.717, 1.165) is 0 Å². The van der Waals surface area contributed by atoms with Crippen LogP contribution in [0.15, 0.2) is 0 Å². The van der Waals surface area contributed by atoms with Gasteiger partial charge in [-0.3, -0.25) is 4.79 Å². The first-order valence-corrected chi connectivity index (χ1v) is 2.22. The van der Waals surface area contributed by atoms with Gasteiger partial charge >= 0.3 is 0 Å². The first kappa shape index (κ1) is 10.7. The number of nitrogens with one attached hydrogen (secondary N) is 1. The number of hydrogen-bond acceptors (Lipinski definition) is 2. The summed E-state index contributed by atoms with van der Waals surface area (Å²) in [5.74, 6) is -0.0227. The number of carbonyl (C=O) groups excluding carboxylic acids is 1. The summed E-state index contributed by atoms with van der Waals surface area (Å²) < 4.78 is 0. The van der Waals surface area contributed by atoms with Crippen LogP contribution in [0.2, 0.25) is 0 Å². The maximum Gasteiger partial charge on any atom is 0.216 e. The zero-order valence-electron chi connectivity index (χ0n) is 4.81. The summed E-state index contributed by atoms with van der Waals surface area (Å²) in [5.41, 5.74) is 5.06. The highest BCUT2D eigenvalue weighted by Gasteiger charge is 1.83. The van der Waals surface area contributed by atoms with Crippen molar-refractivity contribution in [2.75, 3.05) is 13.1 Å². The first-order chi connectivity index (χ1) is 3.27. The second-order valence-corrected chi connectivity index (χ2v) is 1.27. The third kappa shape index (κ3) is 9.21. The molecule has 0 saturated heterocycles. The minimum Gasteiger partial charge on any atom is -0.355 e. The number of halogens is 1. The molecule has 0 atom stereocenters. The van der Waals surface area contributed by atoms with E-state index < -0.39 is 0 Å². The van der Waals surface area contributed by atoms with Gasteiger partial charge in [0, 0.05) is 20.0 Å². The van der Waals surface area contributed by atoms with E-state index in [0.29, 0.717) is 13.1 Å². The monoisotopic (exact) mass is 138 g/mol. The third-order valence-electron chi connectivity index (χ3n) is 0.518. The van der Waals surface area contributed by atoms with E-state index >= 15 is 0 Å². The Morgan fingerprint density at radius 3 is 2.38 bits per heavy atom. The lowest BCUT2D eigenvalue weighted by molar-refractivity contribution is -0.118. The van der Waals surface area contributed by atoms with Crippen LogP contribution in [0.5, 0.6) is 0 Å². The van der Waals surface area contributed by atoms with E-state index in [2.05, 4.69) is 5.32 Å². The van der Waals surface area contributed by atoms with Crippen LogP contribution >= 0.6 is 12.4 Å². The molecule has 0 fully saturated rings. The Hall–Kier alpha value is -0.280. The number of hydrogen-bond donors (Lipinski definition) is 2. The minimum absolute atomic E-state index is 0. The standard InChI is InChI=1S/C4H10N2O.ClH/c1-4(7)6-3-2-5;/h2-3,5H2,1H3,(H,6,7);1H. The van der Waals surface area contributed by atoms with Gasteiger partial charge in [0.2, 0.25) is 5.91 Å². The maximum atomic E-state index is 10.0. The van der Waals surface area contributed by atoms with Gasteiger partial charge in [-0.15, -0.1) is 12.4 Å². The lowest BCUT2D eigenvalue weighted by Gasteiger charge is -1.93. The predicted molar refractivity (Wildman–Crippen MR) is 35.0 cm³/mol. The van der Waals surface area contributed by atoms with Gasteiger partial charge in [0.1, 0.15) is 0 Å². The fraction of sp³-hybridized carbons (Fsp3) is 0.750. The number of nitrogens with two attached hydrogens (primary N) is 1. The van der Waals surface area contributed by atoms with Crippen molar-refractivity contribution in [2.24, 2.45) is 5.73 Å². The highest BCUT2D eigenvalue weighted by Crippen LogP contribution is 1.54. The van der Waals surface area contributed by atoms with Gasteiger partial charge < -0.3 is 11.1 Å². The Labute approximate surface area is 55.0 Å². The average Bonchev–Trinajstić information content (AvgIpc) is 1.61. The lowest BCUT2D eigenvalue weighted by Crippen LogP contribution is -2.26. The lowest BCUT2D eigenvalue weighted by atomic mass is 10.6. The van der Waals surface area contributed by atoms with Crippen LogP contribution < -0.4 is 11.1 Å². The molecule has 0 bridgehead atoms. The highest BCUT2D eigenvalue weighted by molar-refractivity contribution is 5.85. The van der Waals surface area contributed by atoms with Gasteiger partial charge in [-0.25, -0.2) is 0 Å². The van der Waals surface area contributed by atoms with Crippen LogP contribution in [0.4, 0.5) is 0 Å². The van der Waals surface area contributed by atoms with Crippen LogP contribution in [-0.2, 0) is 4.79 Å². The average molecular weight is 139 g/mol. The molecule has 0 spiro atoms. The van der Waals surface area contributed by atoms with Crippen LogP contribution in [0, 0.1) is 0 Å². The zero-order valence-corrected chi connectivity index (χ0v) is 5.62. The first-order valence-electron chi connectivity index (χ1n) is 2.22. The maximum absolute atomic E-state index is 10.0. The summed E-state index contributed by atoms with van der Waals surface area (Å²) in [7, 11) is 0. The molecule has 3 N–H and O–H groups in total. The molecule has 0 aromatic heterocycles. The molecule has 0 aliphatic rings. The van der Waals surface area contributed by atoms with Gasteiger partial charge in [-0.2, -0.15) is 0 Å². The van der Waals surface area contributed by atoms with E-state index in [9.17, 15) is 4.79 Å². The Balaban J connectivity index is 0. The van der Waals surface area contributed by atoms with Gasteiger partial charge in [-0.05, 0) is 0 Å². The second-order valence-electron chi connectivity index (χ2n) is 1.27. The van der Waals surface area contributed by atoms with Crippen LogP contribution in [-0.4, -0.2) is 19.0 Å². The largest absolute Gasteiger partial charge is 0.355 e. The van der Waals surface area contributed by atoms with Crippen molar-refractivity contribution in [1.29, 1.82) is 0 Å². The van der Waals surface area contributed by atoms with E-state index in [1.165, 1.54) is 6.92 Å². The van der Waals surface area contributed by atoms with Crippen molar-refractivity contribution in [1.82, 2.24) is 5.32 Å². The Kier molecular flexibility index (Phi) is 8.95. The number of rotatable bonds is 2. The summed E-state index contributed by atoms with van der Waals surface area (Å²) in [6.45, 7) is 2.56.